The minimum Gasteiger partial charge on any atom is -0.481 e. The Morgan fingerprint density at radius 2 is 0.797 bits per heavy atom. The van der Waals surface area contributed by atoms with Crippen molar-refractivity contribution in [2.75, 3.05) is 0 Å². The van der Waals surface area contributed by atoms with Gasteiger partial charge in [-0.15, -0.1) is 0 Å². The number of aliphatic hydroxyl groups is 1. The molecular formula is C53H95N7O14. The quantitative estimate of drug-likeness (QED) is 0.0380. The van der Waals surface area contributed by atoms with Gasteiger partial charge in [-0.2, -0.15) is 0 Å². The Balaban J connectivity index is 6.28. The zero-order valence-electron chi connectivity index (χ0n) is 46.6. The molecule has 426 valence electrons. The van der Waals surface area contributed by atoms with Crippen molar-refractivity contribution in [3.8, 4) is 0 Å². The third kappa shape index (κ3) is 30.1. The van der Waals surface area contributed by atoms with Crippen LogP contribution in [0.1, 0.15) is 186 Å². The number of hydrogen-bond donors (Lipinski definition) is 11. The molecule has 0 radical (unpaired) electrons. The highest BCUT2D eigenvalue weighted by atomic mass is 16.4. The first-order valence-corrected chi connectivity index (χ1v) is 26.8. The molecule has 0 spiro atoms. The van der Waals surface area contributed by atoms with Crippen LogP contribution in [0.2, 0.25) is 0 Å². The molecule has 7 amide bonds. The summed E-state index contributed by atoms with van der Waals surface area (Å²) in [6.45, 7) is 24.0. The Hall–Kier alpha value is -5.34. The first kappa shape index (κ1) is 68.7. The Kier molecular flexibility index (Phi) is 33.2. The maximum Gasteiger partial charge on any atom is 0.326 e. The van der Waals surface area contributed by atoms with Crippen molar-refractivity contribution < 1.29 is 68.4 Å². The van der Waals surface area contributed by atoms with E-state index >= 15 is 0 Å². The van der Waals surface area contributed by atoms with Gasteiger partial charge in [0, 0.05) is 6.42 Å². The molecular weight excluding hydrogens is 959 g/mol. The molecule has 10 unspecified atom stereocenters. The highest BCUT2D eigenvalue weighted by Gasteiger charge is 2.36. The van der Waals surface area contributed by atoms with Gasteiger partial charge >= 0.3 is 17.9 Å². The SMILES string of the molecule is CCC(C)CC(C)CCCCCC(O)CC(=O)NC(CCC(=O)O)C(=O)NC(CC(C)C)C(=O)NC(CC(C)C)C(=O)NC(C(=O)NC(CC(=O)O)C(=O)NC(CC(C)C)C(=O)NC(CC(C)C)C(=O)O)C(C)C. The standard InChI is InChI=1S/C53H95N7O14/c1-14-34(12)26-35(13)18-16-15-17-19-36(61)27-43(62)54-37(20-21-44(63)64)47(67)55-38(22-29(2)3)48(68)57-40(24-31(6)7)51(71)60-46(33(10)11)52(72)58-41(28-45(65)66)50(70)56-39(23-30(4)5)49(69)59-42(53(73)74)25-32(8)9/h29-42,46,61H,14-28H2,1-13H3,(H,54,62)(H,55,67)(H,56,70)(H,57,68)(H,58,72)(H,59,69)(H,60,71)(H,63,64)(H,65,66)(H,73,74). The van der Waals surface area contributed by atoms with Crippen molar-refractivity contribution >= 4 is 59.3 Å². The van der Waals surface area contributed by atoms with Gasteiger partial charge in [-0.05, 0) is 86.4 Å². The van der Waals surface area contributed by atoms with Crippen LogP contribution in [0.4, 0.5) is 0 Å². The Morgan fingerprint density at radius 1 is 0.392 bits per heavy atom. The molecule has 0 aliphatic rings. The molecule has 0 saturated carbocycles. The van der Waals surface area contributed by atoms with Crippen LogP contribution in [0.25, 0.3) is 0 Å². The maximum absolute atomic E-state index is 14.1. The van der Waals surface area contributed by atoms with Crippen LogP contribution in [0.5, 0.6) is 0 Å². The van der Waals surface area contributed by atoms with Gasteiger partial charge in [-0.25, -0.2) is 4.79 Å². The average Bonchev–Trinajstić information content (AvgIpc) is 3.26. The Labute approximate surface area is 439 Å². The summed E-state index contributed by atoms with van der Waals surface area (Å²) in [6, 6.07) is -9.66. The second kappa shape index (κ2) is 35.8. The van der Waals surface area contributed by atoms with E-state index in [2.05, 4.69) is 58.0 Å². The van der Waals surface area contributed by atoms with E-state index in [4.69, 9.17) is 0 Å². The van der Waals surface area contributed by atoms with Gasteiger partial charge in [0.05, 0.1) is 18.9 Å². The van der Waals surface area contributed by atoms with Gasteiger partial charge in [-0.3, -0.25) is 43.2 Å². The number of nitrogens with one attached hydrogen (secondary N) is 7. The summed E-state index contributed by atoms with van der Waals surface area (Å²) in [6.07, 6.45) is 3.52. The molecule has 74 heavy (non-hydrogen) atoms. The minimum absolute atomic E-state index is 0.0419. The Bertz CT molecular complexity index is 1810. The molecule has 0 aromatic rings. The molecule has 0 rings (SSSR count). The number of hydrogen-bond acceptors (Lipinski definition) is 11. The van der Waals surface area contributed by atoms with Crippen LogP contribution >= 0.6 is 0 Å². The molecule has 0 aliphatic carbocycles. The topological polar surface area (TPSA) is 336 Å². The lowest BCUT2D eigenvalue weighted by molar-refractivity contribution is -0.143. The lowest BCUT2D eigenvalue weighted by atomic mass is 9.91. The Morgan fingerprint density at radius 3 is 1.22 bits per heavy atom. The fourth-order valence-electron chi connectivity index (χ4n) is 8.45. The fourth-order valence-corrected chi connectivity index (χ4v) is 8.45. The van der Waals surface area contributed by atoms with E-state index in [-0.39, 0.29) is 62.2 Å². The summed E-state index contributed by atoms with van der Waals surface area (Å²) in [5.41, 5.74) is 0. The minimum atomic E-state index is -1.75. The van der Waals surface area contributed by atoms with Gasteiger partial charge in [0.2, 0.25) is 41.4 Å². The van der Waals surface area contributed by atoms with E-state index in [0.717, 1.165) is 32.1 Å². The van der Waals surface area contributed by atoms with Crippen LogP contribution in [0.15, 0.2) is 0 Å². The molecule has 21 nitrogen and oxygen atoms in total. The summed E-state index contributed by atoms with van der Waals surface area (Å²) in [4.78, 5) is 132. The van der Waals surface area contributed by atoms with E-state index in [9.17, 15) is 68.4 Å². The van der Waals surface area contributed by atoms with Gasteiger partial charge in [0.1, 0.15) is 42.3 Å². The van der Waals surface area contributed by atoms with Gasteiger partial charge in [-0.1, -0.05) is 122 Å². The van der Waals surface area contributed by atoms with Crippen molar-refractivity contribution in [1.29, 1.82) is 0 Å². The highest BCUT2D eigenvalue weighted by Crippen LogP contribution is 2.21. The normalized spacial score (nSPS) is 15.7. The number of rotatable bonds is 39. The molecule has 0 bridgehead atoms. The summed E-state index contributed by atoms with van der Waals surface area (Å²) in [7, 11) is 0. The van der Waals surface area contributed by atoms with Crippen LogP contribution in [0.3, 0.4) is 0 Å². The van der Waals surface area contributed by atoms with E-state index in [1.54, 1.807) is 69.2 Å². The third-order valence-electron chi connectivity index (χ3n) is 12.6. The average molecular weight is 1050 g/mol. The molecule has 0 aromatic carbocycles. The fraction of sp³-hybridized carbons (Fsp3) is 0.811. The number of aliphatic hydroxyl groups excluding tert-OH is 1. The molecule has 10 atom stereocenters. The molecule has 0 fully saturated rings. The van der Waals surface area contributed by atoms with E-state index < -0.39 is 126 Å². The van der Waals surface area contributed by atoms with Crippen LogP contribution in [0, 0.1) is 41.4 Å². The van der Waals surface area contributed by atoms with E-state index in [0.29, 0.717) is 24.7 Å². The summed E-state index contributed by atoms with van der Waals surface area (Å²) in [5.74, 6) is -10.0. The van der Waals surface area contributed by atoms with Crippen molar-refractivity contribution in [2.24, 2.45) is 41.4 Å². The highest BCUT2D eigenvalue weighted by molar-refractivity contribution is 5.98. The van der Waals surface area contributed by atoms with Crippen LogP contribution in [-0.2, 0) is 47.9 Å². The number of carbonyl (C=O) groups excluding carboxylic acids is 7. The van der Waals surface area contributed by atoms with Gasteiger partial charge < -0.3 is 57.6 Å². The number of carboxylic acid groups (broad SMARTS) is 3. The van der Waals surface area contributed by atoms with Crippen LogP contribution in [-0.4, -0.2) is 128 Å². The smallest absolute Gasteiger partial charge is 0.326 e. The third-order valence-corrected chi connectivity index (χ3v) is 12.6. The molecule has 0 aliphatic heterocycles. The lowest BCUT2D eigenvalue weighted by Crippen LogP contribution is -2.61. The van der Waals surface area contributed by atoms with Gasteiger partial charge in [0.15, 0.2) is 0 Å². The number of aliphatic carboxylic acids is 3. The van der Waals surface area contributed by atoms with Crippen molar-refractivity contribution in [3.63, 3.8) is 0 Å². The second-order valence-electron chi connectivity index (χ2n) is 22.4. The summed E-state index contributed by atoms with van der Waals surface area (Å²) < 4.78 is 0. The number of carboxylic acids is 3. The largest absolute Gasteiger partial charge is 0.481 e. The zero-order chi connectivity index (χ0) is 57.0. The lowest BCUT2D eigenvalue weighted by Gasteiger charge is -2.29. The van der Waals surface area contributed by atoms with Crippen molar-refractivity contribution in [3.05, 3.63) is 0 Å². The number of unbranched alkanes of at least 4 members (excludes halogenated alkanes) is 2. The predicted molar refractivity (Wildman–Crippen MR) is 280 cm³/mol. The molecule has 0 aromatic heterocycles. The number of amides is 7. The monoisotopic (exact) mass is 1050 g/mol. The predicted octanol–water partition coefficient (Wildman–Crippen LogP) is 4.42. The first-order valence-electron chi connectivity index (χ1n) is 26.8. The molecule has 21 heteroatoms. The van der Waals surface area contributed by atoms with E-state index in [1.807, 2.05) is 0 Å². The molecule has 0 saturated heterocycles. The maximum atomic E-state index is 14.1. The molecule has 11 N–H and O–H groups in total. The van der Waals surface area contributed by atoms with Crippen LogP contribution < -0.4 is 37.2 Å². The first-order chi connectivity index (χ1) is 34.4. The van der Waals surface area contributed by atoms with Crippen molar-refractivity contribution in [1.82, 2.24) is 37.2 Å². The zero-order valence-corrected chi connectivity index (χ0v) is 46.6. The van der Waals surface area contributed by atoms with Crippen molar-refractivity contribution in [2.45, 2.75) is 235 Å². The number of carbonyl (C=O) groups is 10. The second-order valence-corrected chi connectivity index (χ2v) is 22.4. The summed E-state index contributed by atoms with van der Waals surface area (Å²) >= 11 is 0. The molecule has 0 heterocycles. The van der Waals surface area contributed by atoms with E-state index in [1.165, 1.54) is 0 Å². The summed E-state index contributed by atoms with van der Waals surface area (Å²) in [5, 5.41) is 57.3. The van der Waals surface area contributed by atoms with Gasteiger partial charge in [0.25, 0.3) is 0 Å².